The summed E-state index contributed by atoms with van der Waals surface area (Å²) in [5.41, 5.74) is -0.277. The number of piperidine rings is 1. The first-order valence-corrected chi connectivity index (χ1v) is 10.7. The maximum Gasteiger partial charge on any atom is 0.259 e. The third-order valence-corrected chi connectivity index (χ3v) is 6.05. The fourth-order valence-corrected chi connectivity index (χ4v) is 4.68. The molecular weight excluding hydrogens is 354 g/mol. The van der Waals surface area contributed by atoms with Gasteiger partial charge in [0.2, 0.25) is 5.43 Å². The van der Waals surface area contributed by atoms with Crippen LogP contribution < -0.4 is 10.7 Å². The molecule has 1 aliphatic heterocycles. The number of nitrogens with zero attached hydrogens (tertiary/aromatic N) is 2. The minimum absolute atomic E-state index is 0.0564. The zero-order valence-electron chi connectivity index (χ0n) is 17.4. The van der Waals surface area contributed by atoms with Crippen molar-refractivity contribution in [2.45, 2.75) is 59.4 Å². The van der Waals surface area contributed by atoms with Crippen LogP contribution in [0.1, 0.15) is 73.6 Å². The molecule has 1 N–H and O–H groups in total. The third-order valence-electron chi connectivity index (χ3n) is 6.05. The van der Waals surface area contributed by atoms with Gasteiger partial charge in [-0.1, -0.05) is 33.1 Å². The molecule has 0 unspecified atom stereocenters. The molecule has 1 saturated heterocycles. The maximum atomic E-state index is 13.2. The molecule has 0 bridgehead atoms. The van der Waals surface area contributed by atoms with Crippen molar-refractivity contribution in [1.82, 2.24) is 14.8 Å². The van der Waals surface area contributed by atoms with Gasteiger partial charge in [-0.15, -0.1) is 0 Å². The summed E-state index contributed by atoms with van der Waals surface area (Å²) in [5.74, 6) is 0.974. The van der Waals surface area contributed by atoms with Crippen LogP contribution in [0.4, 0.5) is 0 Å². The van der Waals surface area contributed by atoms with E-state index >= 15 is 0 Å². The molecule has 28 heavy (non-hydrogen) atoms. The van der Waals surface area contributed by atoms with E-state index < -0.39 is 11.3 Å². The first kappa shape index (κ1) is 20.6. The fourth-order valence-electron chi connectivity index (χ4n) is 4.68. The average molecular weight is 388 g/mol. The van der Waals surface area contributed by atoms with Crippen LogP contribution >= 0.6 is 0 Å². The molecule has 1 aliphatic carbocycles. The first-order valence-electron chi connectivity index (χ1n) is 10.7. The van der Waals surface area contributed by atoms with Crippen molar-refractivity contribution in [1.29, 1.82) is 0 Å². The lowest BCUT2D eigenvalue weighted by Gasteiger charge is -2.41. The van der Waals surface area contributed by atoms with Gasteiger partial charge in [-0.05, 0) is 37.5 Å². The molecule has 3 rings (SSSR count). The molecule has 2 atom stereocenters. The highest BCUT2D eigenvalue weighted by molar-refractivity contribution is 5.99. The Kier molecular flexibility index (Phi) is 6.57. The minimum atomic E-state index is -0.457. The Bertz CT molecular complexity index is 784. The van der Waals surface area contributed by atoms with Crippen LogP contribution in [0.5, 0.6) is 0 Å². The summed E-state index contributed by atoms with van der Waals surface area (Å²) in [6.07, 6.45) is 9.21. The van der Waals surface area contributed by atoms with Gasteiger partial charge in [0.15, 0.2) is 0 Å². The van der Waals surface area contributed by atoms with Gasteiger partial charge in [0.1, 0.15) is 11.1 Å². The van der Waals surface area contributed by atoms with E-state index in [2.05, 4.69) is 19.2 Å². The SMILES string of the molecule is CCNC(=O)c1cn(CC(C)C)cc(C(=O)N2CC[C@@H]3CCCC[C@H]3C2)c1=O. The highest BCUT2D eigenvalue weighted by Gasteiger charge is 2.34. The van der Waals surface area contributed by atoms with Crippen LogP contribution in [0.25, 0.3) is 0 Å². The molecule has 6 nitrogen and oxygen atoms in total. The molecule has 1 saturated carbocycles. The number of fused-ring (bicyclic) bond motifs is 1. The van der Waals surface area contributed by atoms with Crippen molar-refractivity contribution in [2.75, 3.05) is 19.6 Å². The van der Waals surface area contributed by atoms with Gasteiger partial charge in [0.25, 0.3) is 11.8 Å². The van der Waals surface area contributed by atoms with E-state index in [1.54, 1.807) is 12.4 Å². The Labute approximate surface area is 167 Å². The normalized spacial score (nSPS) is 22.1. The van der Waals surface area contributed by atoms with Gasteiger partial charge in [0.05, 0.1) is 0 Å². The van der Waals surface area contributed by atoms with E-state index in [4.69, 9.17) is 0 Å². The summed E-state index contributed by atoms with van der Waals surface area (Å²) in [6.45, 7) is 8.48. The van der Waals surface area contributed by atoms with E-state index in [0.717, 1.165) is 18.9 Å². The largest absolute Gasteiger partial charge is 0.352 e. The Morgan fingerprint density at radius 3 is 2.46 bits per heavy atom. The Hall–Kier alpha value is -2.11. The van der Waals surface area contributed by atoms with Gasteiger partial charge in [-0.25, -0.2) is 0 Å². The first-order chi connectivity index (χ1) is 13.4. The average Bonchev–Trinajstić information content (AvgIpc) is 2.68. The molecule has 0 radical (unpaired) electrons. The molecule has 1 aromatic heterocycles. The van der Waals surface area contributed by atoms with Crippen molar-refractivity contribution in [3.8, 4) is 0 Å². The van der Waals surface area contributed by atoms with Crippen LogP contribution in [0.2, 0.25) is 0 Å². The van der Waals surface area contributed by atoms with Gasteiger partial charge in [0, 0.05) is 38.6 Å². The van der Waals surface area contributed by atoms with E-state index in [9.17, 15) is 14.4 Å². The molecule has 2 fully saturated rings. The van der Waals surface area contributed by atoms with E-state index in [-0.39, 0.29) is 17.0 Å². The molecule has 154 valence electrons. The van der Waals surface area contributed by atoms with Crippen molar-refractivity contribution >= 4 is 11.8 Å². The van der Waals surface area contributed by atoms with Crippen LogP contribution in [-0.2, 0) is 6.54 Å². The topological polar surface area (TPSA) is 71.4 Å². The predicted octanol–water partition coefficient (Wildman–Crippen LogP) is 2.91. The summed E-state index contributed by atoms with van der Waals surface area (Å²) in [6, 6.07) is 0. The smallest absolute Gasteiger partial charge is 0.259 e. The van der Waals surface area contributed by atoms with Crippen molar-refractivity contribution < 1.29 is 9.59 Å². The third kappa shape index (κ3) is 4.47. The highest BCUT2D eigenvalue weighted by Crippen LogP contribution is 2.36. The summed E-state index contributed by atoms with van der Waals surface area (Å²) in [7, 11) is 0. The monoisotopic (exact) mass is 387 g/mol. The second-order valence-electron chi connectivity index (χ2n) is 8.71. The van der Waals surface area contributed by atoms with Crippen LogP contribution in [-0.4, -0.2) is 40.9 Å². The van der Waals surface area contributed by atoms with Crippen molar-refractivity contribution in [3.63, 3.8) is 0 Å². The number of hydrogen-bond donors (Lipinski definition) is 1. The lowest BCUT2D eigenvalue weighted by molar-refractivity contribution is 0.0518. The quantitative estimate of drug-likeness (QED) is 0.844. The number of amides is 2. The number of carbonyl (C=O) groups excluding carboxylic acids is 2. The number of likely N-dealkylation sites (tertiary alicyclic amines) is 1. The van der Waals surface area contributed by atoms with Gasteiger partial charge in [-0.2, -0.15) is 0 Å². The fraction of sp³-hybridized carbons (Fsp3) is 0.682. The van der Waals surface area contributed by atoms with Crippen LogP contribution in [0.3, 0.4) is 0 Å². The zero-order chi connectivity index (χ0) is 20.3. The molecule has 2 heterocycles. The zero-order valence-corrected chi connectivity index (χ0v) is 17.4. The number of hydrogen-bond acceptors (Lipinski definition) is 3. The summed E-state index contributed by atoms with van der Waals surface area (Å²) in [5, 5.41) is 2.69. The molecule has 1 aromatic rings. The van der Waals surface area contributed by atoms with Crippen LogP contribution in [0, 0.1) is 17.8 Å². The highest BCUT2D eigenvalue weighted by atomic mass is 16.2. The summed E-state index contributed by atoms with van der Waals surface area (Å²) >= 11 is 0. The Morgan fingerprint density at radius 2 is 1.79 bits per heavy atom. The molecule has 2 aliphatic rings. The molecule has 0 spiro atoms. The molecule has 6 heteroatoms. The number of carbonyl (C=O) groups is 2. The Morgan fingerprint density at radius 1 is 1.11 bits per heavy atom. The van der Waals surface area contributed by atoms with E-state index in [0.29, 0.717) is 31.5 Å². The van der Waals surface area contributed by atoms with E-state index in [1.165, 1.54) is 25.7 Å². The van der Waals surface area contributed by atoms with Gasteiger partial charge in [-0.3, -0.25) is 14.4 Å². The standard InChI is InChI=1S/C22H33N3O3/c1-4-23-21(27)18-13-24(11-15(2)3)14-19(20(18)26)22(28)25-10-9-16-7-5-6-8-17(16)12-25/h13-17H,4-12H2,1-3H3,(H,23,27)/t16-,17-/m0/s1. The number of rotatable bonds is 5. The Balaban J connectivity index is 1.90. The van der Waals surface area contributed by atoms with Crippen molar-refractivity contribution in [3.05, 3.63) is 33.7 Å². The number of aromatic nitrogens is 1. The van der Waals surface area contributed by atoms with Crippen molar-refractivity contribution in [2.24, 2.45) is 17.8 Å². The molecule has 2 amide bonds. The molecular formula is C22H33N3O3. The summed E-state index contributed by atoms with van der Waals surface area (Å²) < 4.78 is 1.82. The predicted molar refractivity (Wildman–Crippen MR) is 110 cm³/mol. The number of nitrogens with one attached hydrogen (secondary N) is 1. The van der Waals surface area contributed by atoms with Crippen LogP contribution in [0.15, 0.2) is 17.2 Å². The lowest BCUT2D eigenvalue weighted by Crippen LogP contribution is -2.46. The summed E-state index contributed by atoms with van der Waals surface area (Å²) in [4.78, 5) is 40.4. The number of pyridine rings is 1. The van der Waals surface area contributed by atoms with E-state index in [1.807, 2.05) is 16.4 Å². The molecule has 0 aromatic carbocycles. The second kappa shape index (κ2) is 8.93. The maximum absolute atomic E-state index is 13.2. The van der Waals surface area contributed by atoms with Gasteiger partial charge >= 0.3 is 0 Å². The second-order valence-corrected chi connectivity index (χ2v) is 8.71. The van der Waals surface area contributed by atoms with Gasteiger partial charge < -0.3 is 14.8 Å². The lowest BCUT2D eigenvalue weighted by atomic mass is 9.75. The minimum Gasteiger partial charge on any atom is -0.352 e.